The monoisotopic (exact) mass is 477 g/mol. The lowest BCUT2D eigenvalue weighted by atomic mass is 9.77. The van der Waals surface area contributed by atoms with Crippen molar-refractivity contribution in [3.63, 3.8) is 0 Å². The Morgan fingerprint density at radius 1 is 1.21 bits per heavy atom. The number of nitrogens with zero attached hydrogens (tertiary/aromatic N) is 1. The van der Waals surface area contributed by atoms with Crippen molar-refractivity contribution in [3.8, 4) is 6.07 Å². The number of carbonyl (C=O) groups excluding carboxylic acids is 2. The number of Topliss-reactive ketones (excluding diaryl/α,β-unsaturated/α-hetero) is 1. The lowest BCUT2D eigenvalue weighted by Crippen LogP contribution is -2.31. The van der Waals surface area contributed by atoms with Crippen LogP contribution >= 0.6 is 23.4 Å². The molecule has 0 unspecified atom stereocenters. The molecule has 2 aliphatic rings. The van der Waals surface area contributed by atoms with Gasteiger partial charge in [-0.15, -0.1) is 0 Å². The first-order valence-corrected chi connectivity index (χ1v) is 12.2. The van der Waals surface area contributed by atoms with Crippen LogP contribution in [0, 0.1) is 25.2 Å². The third-order valence-corrected chi connectivity index (χ3v) is 7.39. The van der Waals surface area contributed by atoms with E-state index in [1.165, 1.54) is 11.8 Å². The summed E-state index contributed by atoms with van der Waals surface area (Å²) in [6.07, 6.45) is 2.02. The number of halogens is 1. The number of nitriles is 1. The SMILES string of the molecule is Cc1ccc([C@H]2C(C#N)=C(SCC(=O)Nc3cccc(Cl)c3C)NC3=C2C(=O)CCC3)cc1. The average Bonchev–Trinajstić information content (AvgIpc) is 2.80. The molecule has 1 amide bonds. The van der Waals surface area contributed by atoms with Crippen molar-refractivity contribution in [3.05, 3.63) is 86.0 Å². The Bertz CT molecular complexity index is 1230. The van der Waals surface area contributed by atoms with Crippen LogP contribution in [0.4, 0.5) is 5.69 Å². The number of anilines is 1. The van der Waals surface area contributed by atoms with Gasteiger partial charge in [0.25, 0.3) is 0 Å². The molecule has 2 aromatic carbocycles. The number of aryl methyl sites for hydroxylation is 1. The first kappa shape index (κ1) is 23.2. The molecule has 1 heterocycles. The van der Waals surface area contributed by atoms with Gasteiger partial charge in [0, 0.05) is 28.4 Å². The van der Waals surface area contributed by atoms with Crippen molar-refractivity contribution in [2.75, 3.05) is 11.1 Å². The molecule has 1 atom stereocenters. The molecule has 1 aliphatic heterocycles. The van der Waals surface area contributed by atoms with E-state index in [-0.39, 0.29) is 17.4 Å². The van der Waals surface area contributed by atoms with Gasteiger partial charge in [0.1, 0.15) is 0 Å². The van der Waals surface area contributed by atoms with Crippen molar-refractivity contribution in [2.24, 2.45) is 0 Å². The summed E-state index contributed by atoms with van der Waals surface area (Å²) in [7, 11) is 0. The molecule has 7 heteroatoms. The van der Waals surface area contributed by atoms with E-state index in [1.54, 1.807) is 18.2 Å². The minimum Gasteiger partial charge on any atom is -0.352 e. The number of allylic oxidation sites excluding steroid dienone is 3. The van der Waals surface area contributed by atoms with Crippen LogP contribution in [0.25, 0.3) is 0 Å². The van der Waals surface area contributed by atoms with Crippen molar-refractivity contribution in [1.29, 1.82) is 5.26 Å². The number of dihydropyridines is 1. The second-order valence-corrected chi connectivity index (χ2v) is 9.63. The van der Waals surface area contributed by atoms with Crippen molar-refractivity contribution in [1.82, 2.24) is 5.32 Å². The summed E-state index contributed by atoms with van der Waals surface area (Å²) in [6.45, 7) is 3.86. The molecule has 0 fully saturated rings. The molecule has 5 nitrogen and oxygen atoms in total. The number of nitrogens with one attached hydrogen (secondary N) is 2. The summed E-state index contributed by atoms with van der Waals surface area (Å²) < 4.78 is 0. The molecule has 168 valence electrons. The summed E-state index contributed by atoms with van der Waals surface area (Å²) in [6, 6.07) is 15.6. The highest BCUT2D eigenvalue weighted by Crippen LogP contribution is 2.44. The highest BCUT2D eigenvalue weighted by molar-refractivity contribution is 8.03. The molecular weight excluding hydrogens is 454 g/mol. The quantitative estimate of drug-likeness (QED) is 0.572. The third-order valence-electron chi connectivity index (χ3n) is 5.96. The second kappa shape index (κ2) is 9.86. The number of benzene rings is 2. The molecule has 0 spiro atoms. The zero-order valence-corrected chi connectivity index (χ0v) is 20.1. The molecule has 1 aliphatic carbocycles. The van der Waals surface area contributed by atoms with E-state index in [0.717, 1.165) is 35.2 Å². The van der Waals surface area contributed by atoms with E-state index >= 15 is 0 Å². The molecule has 4 rings (SSSR count). The summed E-state index contributed by atoms with van der Waals surface area (Å²) in [5, 5.41) is 17.5. The zero-order chi connectivity index (χ0) is 23.5. The van der Waals surface area contributed by atoms with Gasteiger partial charge in [-0.2, -0.15) is 5.26 Å². The standard InChI is InChI=1S/C26H24ClN3O2S/c1-15-9-11-17(12-10-15)24-18(13-28)26(30-21-7-4-8-22(31)25(21)24)33-14-23(32)29-20-6-3-5-19(27)16(20)2/h3,5-6,9-12,24,30H,4,7-8,14H2,1-2H3,(H,29,32)/t24-/m0/s1. The molecule has 2 N–H and O–H groups in total. The molecular formula is C26H24ClN3O2S. The van der Waals surface area contributed by atoms with Gasteiger partial charge in [0.2, 0.25) is 5.91 Å². The number of hydrogen-bond donors (Lipinski definition) is 2. The Labute approximate surface area is 202 Å². The maximum Gasteiger partial charge on any atom is 0.234 e. The maximum atomic E-state index is 12.9. The Hall–Kier alpha value is -3.01. The molecule has 33 heavy (non-hydrogen) atoms. The summed E-state index contributed by atoms with van der Waals surface area (Å²) in [5.74, 6) is -0.402. The predicted molar refractivity (Wildman–Crippen MR) is 133 cm³/mol. The van der Waals surface area contributed by atoms with E-state index in [1.807, 2.05) is 38.1 Å². The number of ketones is 1. The largest absolute Gasteiger partial charge is 0.352 e. The van der Waals surface area contributed by atoms with Gasteiger partial charge in [0.05, 0.1) is 28.3 Å². The van der Waals surface area contributed by atoms with Gasteiger partial charge >= 0.3 is 0 Å². The molecule has 0 saturated heterocycles. The Balaban J connectivity index is 1.61. The Kier molecular flexibility index (Phi) is 6.92. The zero-order valence-electron chi connectivity index (χ0n) is 18.5. The summed E-state index contributed by atoms with van der Waals surface area (Å²) in [5.41, 5.74) is 5.53. The van der Waals surface area contributed by atoms with Gasteiger partial charge < -0.3 is 10.6 Å². The third kappa shape index (κ3) is 4.85. The molecule has 0 aromatic heterocycles. The van der Waals surface area contributed by atoms with Crippen LogP contribution < -0.4 is 10.6 Å². The molecule has 2 aromatic rings. The summed E-state index contributed by atoms with van der Waals surface area (Å²) in [4.78, 5) is 25.5. The van der Waals surface area contributed by atoms with E-state index in [4.69, 9.17) is 11.6 Å². The maximum absolute atomic E-state index is 12.9. The fourth-order valence-electron chi connectivity index (χ4n) is 4.20. The smallest absolute Gasteiger partial charge is 0.234 e. The van der Waals surface area contributed by atoms with Crippen molar-refractivity contribution < 1.29 is 9.59 Å². The highest BCUT2D eigenvalue weighted by Gasteiger charge is 2.37. The van der Waals surface area contributed by atoms with E-state index in [2.05, 4.69) is 16.7 Å². The first-order valence-electron chi connectivity index (χ1n) is 10.8. The normalized spacial score (nSPS) is 17.9. The second-order valence-electron chi connectivity index (χ2n) is 8.24. The number of rotatable bonds is 5. The molecule has 0 radical (unpaired) electrons. The number of hydrogen-bond acceptors (Lipinski definition) is 5. The van der Waals surface area contributed by atoms with E-state index in [9.17, 15) is 14.9 Å². The number of thioether (sulfide) groups is 1. The van der Waals surface area contributed by atoms with Gasteiger partial charge in [-0.3, -0.25) is 9.59 Å². The fourth-order valence-corrected chi connectivity index (χ4v) is 5.23. The van der Waals surface area contributed by atoms with E-state index < -0.39 is 5.92 Å². The lowest BCUT2D eigenvalue weighted by molar-refractivity contribution is -0.116. The fraction of sp³-hybridized carbons (Fsp3) is 0.269. The van der Waals surface area contributed by atoms with Gasteiger partial charge in [-0.1, -0.05) is 59.3 Å². The average molecular weight is 478 g/mol. The highest BCUT2D eigenvalue weighted by atomic mass is 35.5. The Morgan fingerprint density at radius 3 is 2.70 bits per heavy atom. The van der Waals surface area contributed by atoms with E-state index in [0.29, 0.717) is 33.3 Å². The van der Waals surface area contributed by atoms with Gasteiger partial charge in [-0.25, -0.2) is 0 Å². The number of amides is 1. The van der Waals surface area contributed by atoms with Gasteiger partial charge in [-0.05, 0) is 49.9 Å². The first-order chi connectivity index (χ1) is 15.9. The van der Waals surface area contributed by atoms with Crippen LogP contribution in [0.1, 0.15) is 41.9 Å². The minimum absolute atomic E-state index is 0.0836. The van der Waals surface area contributed by atoms with Crippen LogP contribution in [0.5, 0.6) is 0 Å². The summed E-state index contributed by atoms with van der Waals surface area (Å²) >= 11 is 7.43. The predicted octanol–water partition coefficient (Wildman–Crippen LogP) is 5.76. The Morgan fingerprint density at radius 2 is 1.97 bits per heavy atom. The van der Waals surface area contributed by atoms with Crippen LogP contribution in [0.2, 0.25) is 5.02 Å². The number of carbonyl (C=O) groups is 2. The molecule has 0 saturated carbocycles. The van der Waals surface area contributed by atoms with Crippen LogP contribution in [-0.4, -0.2) is 17.4 Å². The van der Waals surface area contributed by atoms with Crippen molar-refractivity contribution in [2.45, 2.75) is 39.0 Å². The molecule has 0 bridgehead atoms. The lowest BCUT2D eigenvalue weighted by Gasteiger charge is -2.33. The minimum atomic E-state index is -0.416. The van der Waals surface area contributed by atoms with Crippen molar-refractivity contribution >= 4 is 40.7 Å². The van der Waals surface area contributed by atoms with Crippen LogP contribution in [0.15, 0.2) is 64.3 Å². The van der Waals surface area contributed by atoms with Crippen LogP contribution in [-0.2, 0) is 9.59 Å². The van der Waals surface area contributed by atoms with Crippen LogP contribution in [0.3, 0.4) is 0 Å². The topological polar surface area (TPSA) is 82.0 Å². The van der Waals surface area contributed by atoms with Gasteiger partial charge in [0.15, 0.2) is 5.78 Å².